The summed E-state index contributed by atoms with van der Waals surface area (Å²) < 4.78 is 5.39. The molecular weight excluding hydrogens is 196 g/mol. The number of carbonyl (C=O) groups excluding carboxylic acids is 2. The zero-order valence-electron chi connectivity index (χ0n) is 8.62. The average molecular weight is 212 g/mol. The van der Waals surface area contributed by atoms with Crippen molar-refractivity contribution in [2.45, 2.75) is 37.8 Å². The molecule has 0 saturated carbocycles. The van der Waals surface area contributed by atoms with E-state index in [1.54, 1.807) is 0 Å². The smallest absolute Gasteiger partial charge is 0.242 e. The molecule has 2 heterocycles. The Labute approximate surface area is 88.5 Å². The number of hydrogen-bond donors (Lipinski definition) is 2. The molecule has 2 saturated heterocycles. The van der Waals surface area contributed by atoms with Gasteiger partial charge in [0.15, 0.2) is 0 Å². The first-order valence-corrected chi connectivity index (χ1v) is 5.44. The van der Waals surface area contributed by atoms with Crippen LogP contribution in [0.2, 0.25) is 0 Å². The molecule has 5 nitrogen and oxygen atoms in total. The largest absolute Gasteiger partial charge is 0.376 e. The number of rotatable bonds is 3. The predicted molar refractivity (Wildman–Crippen MR) is 53.1 cm³/mol. The minimum absolute atomic E-state index is 0.0349. The van der Waals surface area contributed by atoms with Crippen molar-refractivity contribution in [1.82, 2.24) is 10.6 Å². The van der Waals surface area contributed by atoms with Gasteiger partial charge >= 0.3 is 0 Å². The summed E-state index contributed by atoms with van der Waals surface area (Å²) in [6.45, 7) is 1.35. The molecule has 0 bridgehead atoms. The van der Waals surface area contributed by atoms with Crippen LogP contribution in [0.4, 0.5) is 0 Å². The standard InChI is InChI=1S/C10H16N2O3/c13-9-4-3-8(12-9)10(14)11-6-7-2-1-5-15-7/h7-8H,1-6H2,(H,11,14)(H,12,13)/t7-,8+/m1/s1. The minimum atomic E-state index is -0.334. The Balaban J connectivity index is 1.70. The number of hydrogen-bond acceptors (Lipinski definition) is 3. The van der Waals surface area contributed by atoms with E-state index in [0.717, 1.165) is 19.4 Å². The summed E-state index contributed by atoms with van der Waals surface area (Å²) in [5, 5.41) is 5.45. The molecule has 15 heavy (non-hydrogen) atoms. The molecule has 0 spiro atoms. The second kappa shape index (κ2) is 4.61. The van der Waals surface area contributed by atoms with Gasteiger partial charge in [-0.2, -0.15) is 0 Å². The summed E-state index contributed by atoms with van der Waals surface area (Å²) in [6.07, 6.45) is 3.30. The Bertz CT molecular complexity index is 261. The van der Waals surface area contributed by atoms with Gasteiger partial charge in [0.25, 0.3) is 0 Å². The van der Waals surface area contributed by atoms with Gasteiger partial charge in [-0.05, 0) is 19.3 Å². The molecule has 84 valence electrons. The van der Waals surface area contributed by atoms with Crippen LogP contribution >= 0.6 is 0 Å². The molecular formula is C10H16N2O3. The normalized spacial score (nSPS) is 30.3. The Kier molecular flexibility index (Phi) is 3.20. The summed E-state index contributed by atoms with van der Waals surface area (Å²) in [7, 11) is 0. The van der Waals surface area contributed by atoms with E-state index in [2.05, 4.69) is 10.6 Å². The Hall–Kier alpha value is -1.10. The zero-order valence-corrected chi connectivity index (χ0v) is 8.62. The lowest BCUT2D eigenvalue weighted by Crippen LogP contribution is -2.44. The average Bonchev–Trinajstić information content (AvgIpc) is 2.84. The lowest BCUT2D eigenvalue weighted by molar-refractivity contribution is -0.126. The maximum atomic E-state index is 11.6. The summed E-state index contributed by atoms with van der Waals surface area (Å²) in [6, 6.07) is -0.334. The van der Waals surface area contributed by atoms with Gasteiger partial charge in [0, 0.05) is 19.6 Å². The highest BCUT2D eigenvalue weighted by molar-refractivity contribution is 5.90. The summed E-state index contributed by atoms with van der Waals surface area (Å²) in [5.74, 6) is -0.122. The quantitative estimate of drug-likeness (QED) is 0.666. The van der Waals surface area contributed by atoms with Crippen LogP contribution in [-0.4, -0.2) is 37.1 Å². The van der Waals surface area contributed by atoms with Crippen molar-refractivity contribution < 1.29 is 14.3 Å². The molecule has 0 aromatic carbocycles. The van der Waals surface area contributed by atoms with Gasteiger partial charge in [0.05, 0.1) is 6.10 Å². The molecule has 2 fully saturated rings. The van der Waals surface area contributed by atoms with Crippen molar-refractivity contribution in [3.8, 4) is 0 Å². The summed E-state index contributed by atoms with van der Waals surface area (Å²) in [5.41, 5.74) is 0. The van der Waals surface area contributed by atoms with Crippen LogP contribution in [0.15, 0.2) is 0 Å². The Morgan fingerprint density at radius 1 is 1.53 bits per heavy atom. The van der Waals surface area contributed by atoms with Gasteiger partial charge in [-0.3, -0.25) is 9.59 Å². The highest BCUT2D eigenvalue weighted by Crippen LogP contribution is 2.11. The van der Waals surface area contributed by atoms with E-state index in [-0.39, 0.29) is 24.0 Å². The molecule has 2 amide bonds. The van der Waals surface area contributed by atoms with E-state index in [0.29, 0.717) is 19.4 Å². The third-order valence-electron chi connectivity index (χ3n) is 2.84. The third kappa shape index (κ3) is 2.68. The SMILES string of the molecule is O=C1CC[C@@H](C(=O)NC[C@H]2CCCO2)N1. The first-order valence-electron chi connectivity index (χ1n) is 5.44. The van der Waals surface area contributed by atoms with E-state index < -0.39 is 0 Å². The zero-order chi connectivity index (χ0) is 10.7. The van der Waals surface area contributed by atoms with Crippen molar-refractivity contribution >= 4 is 11.8 Å². The van der Waals surface area contributed by atoms with E-state index in [4.69, 9.17) is 4.74 Å². The topological polar surface area (TPSA) is 67.4 Å². The van der Waals surface area contributed by atoms with Gasteiger partial charge < -0.3 is 15.4 Å². The lowest BCUT2D eigenvalue weighted by atomic mass is 10.2. The molecule has 0 unspecified atom stereocenters. The molecule has 2 rings (SSSR count). The van der Waals surface area contributed by atoms with Crippen LogP contribution in [0.25, 0.3) is 0 Å². The van der Waals surface area contributed by atoms with Crippen molar-refractivity contribution in [1.29, 1.82) is 0 Å². The molecule has 2 aliphatic heterocycles. The fourth-order valence-electron chi connectivity index (χ4n) is 1.95. The van der Waals surface area contributed by atoms with E-state index >= 15 is 0 Å². The van der Waals surface area contributed by atoms with Gasteiger partial charge in [0.2, 0.25) is 11.8 Å². The molecule has 2 N–H and O–H groups in total. The molecule has 5 heteroatoms. The van der Waals surface area contributed by atoms with Gasteiger partial charge in [-0.1, -0.05) is 0 Å². The van der Waals surface area contributed by atoms with Gasteiger partial charge in [0.1, 0.15) is 6.04 Å². The Morgan fingerprint density at radius 3 is 3.00 bits per heavy atom. The summed E-state index contributed by atoms with van der Waals surface area (Å²) in [4.78, 5) is 22.5. The van der Waals surface area contributed by atoms with Crippen LogP contribution in [-0.2, 0) is 14.3 Å². The fraction of sp³-hybridized carbons (Fsp3) is 0.800. The Morgan fingerprint density at radius 2 is 2.40 bits per heavy atom. The first kappa shape index (κ1) is 10.4. The highest BCUT2D eigenvalue weighted by atomic mass is 16.5. The third-order valence-corrected chi connectivity index (χ3v) is 2.84. The number of carbonyl (C=O) groups is 2. The monoisotopic (exact) mass is 212 g/mol. The number of amides is 2. The van der Waals surface area contributed by atoms with Crippen LogP contribution in [0, 0.1) is 0 Å². The first-order chi connectivity index (χ1) is 7.25. The molecule has 0 radical (unpaired) electrons. The summed E-state index contributed by atoms with van der Waals surface area (Å²) >= 11 is 0. The van der Waals surface area contributed by atoms with E-state index in [1.165, 1.54) is 0 Å². The fourth-order valence-corrected chi connectivity index (χ4v) is 1.95. The molecule has 0 aromatic heterocycles. The van der Waals surface area contributed by atoms with Crippen molar-refractivity contribution in [3.05, 3.63) is 0 Å². The second-order valence-corrected chi connectivity index (χ2v) is 4.04. The lowest BCUT2D eigenvalue weighted by Gasteiger charge is -2.13. The van der Waals surface area contributed by atoms with Crippen molar-refractivity contribution in [3.63, 3.8) is 0 Å². The van der Waals surface area contributed by atoms with Crippen molar-refractivity contribution in [2.75, 3.05) is 13.2 Å². The molecule has 2 aliphatic rings. The predicted octanol–water partition coefficient (Wildman–Crippen LogP) is -0.440. The molecule has 0 aromatic rings. The van der Waals surface area contributed by atoms with Crippen molar-refractivity contribution in [2.24, 2.45) is 0 Å². The maximum Gasteiger partial charge on any atom is 0.242 e. The molecule has 2 atom stereocenters. The van der Waals surface area contributed by atoms with Crippen LogP contribution in [0.3, 0.4) is 0 Å². The minimum Gasteiger partial charge on any atom is -0.376 e. The number of ether oxygens (including phenoxy) is 1. The number of nitrogens with one attached hydrogen (secondary N) is 2. The van der Waals surface area contributed by atoms with Crippen LogP contribution < -0.4 is 10.6 Å². The van der Waals surface area contributed by atoms with E-state index in [1.807, 2.05) is 0 Å². The van der Waals surface area contributed by atoms with Crippen LogP contribution in [0.5, 0.6) is 0 Å². The van der Waals surface area contributed by atoms with Gasteiger partial charge in [-0.15, -0.1) is 0 Å². The molecule has 0 aliphatic carbocycles. The van der Waals surface area contributed by atoms with E-state index in [9.17, 15) is 9.59 Å². The van der Waals surface area contributed by atoms with Crippen LogP contribution in [0.1, 0.15) is 25.7 Å². The van der Waals surface area contributed by atoms with Gasteiger partial charge in [-0.25, -0.2) is 0 Å². The maximum absolute atomic E-state index is 11.6. The highest BCUT2D eigenvalue weighted by Gasteiger charge is 2.27. The second-order valence-electron chi connectivity index (χ2n) is 4.04.